The number of carbonyl (C=O) groups is 2. The number of hydrogen-bond acceptors (Lipinski definition) is 5. The van der Waals surface area contributed by atoms with Crippen molar-refractivity contribution >= 4 is 11.9 Å². The summed E-state index contributed by atoms with van der Waals surface area (Å²) in [6.07, 6.45) is 0.550. The molecule has 1 N–H and O–H groups in total. The first-order valence-corrected chi connectivity index (χ1v) is 6.24. The molecule has 0 spiro atoms. The predicted octanol–water partition coefficient (Wildman–Crippen LogP) is 1.02. The third kappa shape index (κ3) is 4.69. The van der Waals surface area contributed by atoms with Crippen LogP contribution in [0.15, 0.2) is 4.52 Å². The number of amides is 1. The summed E-state index contributed by atoms with van der Waals surface area (Å²) in [6.45, 7) is 5.75. The molecule has 1 heterocycles. The Bertz CT molecular complexity index is 444. The monoisotopic (exact) mass is 269 g/mol. The molecule has 0 aliphatic carbocycles. The summed E-state index contributed by atoms with van der Waals surface area (Å²) in [7, 11) is 0. The summed E-state index contributed by atoms with van der Waals surface area (Å²) in [4.78, 5) is 28.3. The molecule has 1 aromatic heterocycles. The molecular formula is C12H19N3O4. The second-order valence-corrected chi connectivity index (χ2v) is 4.36. The SMILES string of the molecule is CCN(C(=O)CCc1nc(C)no1)C(C)CC(=O)O. The van der Waals surface area contributed by atoms with Crippen molar-refractivity contribution in [3.8, 4) is 0 Å². The first-order valence-electron chi connectivity index (χ1n) is 6.24. The Balaban J connectivity index is 2.51. The molecule has 0 bridgehead atoms. The lowest BCUT2D eigenvalue weighted by Gasteiger charge is -2.26. The number of nitrogens with zero attached hydrogens (tertiary/aromatic N) is 3. The first kappa shape index (κ1) is 15.1. The Labute approximate surface area is 111 Å². The highest BCUT2D eigenvalue weighted by Crippen LogP contribution is 2.08. The van der Waals surface area contributed by atoms with Crippen LogP contribution in [0.25, 0.3) is 0 Å². The average Bonchev–Trinajstić information content (AvgIpc) is 2.72. The Morgan fingerprint density at radius 1 is 1.47 bits per heavy atom. The maximum absolute atomic E-state index is 12.0. The van der Waals surface area contributed by atoms with Crippen LogP contribution in [0.1, 0.15) is 38.4 Å². The van der Waals surface area contributed by atoms with Gasteiger partial charge in [0.1, 0.15) is 0 Å². The molecule has 0 fully saturated rings. The number of carboxylic acid groups (broad SMARTS) is 1. The smallest absolute Gasteiger partial charge is 0.305 e. The average molecular weight is 269 g/mol. The van der Waals surface area contributed by atoms with Crippen molar-refractivity contribution in [3.05, 3.63) is 11.7 Å². The number of aromatic nitrogens is 2. The topological polar surface area (TPSA) is 96.5 Å². The van der Waals surface area contributed by atoms with E-state index in [2.05, 4.69) is 10.1 Å². The summed E-state index contributed by atoms with van der Waals surface area (Å²) >= 11 is 0. The van der Waals surface area contributed by atoms with E-state index in [-0.39, 0.29) is 24.8 Å². The molecule has 1 unspecified atom stereocenters. The van der Waals surface area contributed by atoms with E-state index in [4.69, 9.17) is 9.63 Å². The summed E-state index contributed by atoms with van der Waals surface area (Å²) in [5.41, 5.74) is 0. The molecule has 1 rings (SSSR count). The van der Waals surface area contributed by atoms with Crippen molar-refractivity contribution in [1.82, 2.24) is 15.0 Å². The minimum absolute atomic E-state index is 0.0563. The van der Waals surface area contributed by atoms with Crippen LogP contribution >= 0.6 is 0 Å². The summed E-state index contributed by atoms with van der Waals surface area (Å²) in [5, 5.41) is 12.4. The van der Waals surface area contributed by atoms with Gasteiger partial charge in [-0.05, 0) is 20.8 Å². The molecule has 7 nitrogen and oxygen atoms in total. The van der Waals surface area contributed by atoms with Gasteiger partial charge in [-0.25, -0.2) is 0 Å². The maximum atomic E-state index is 12.0. The molecule has 106 valence electrons. The fraction of sp³-hybridized carbons (Fsp3) is 0.667. The molecule has 19 heavy (non-hydrogen) atoms. The van der Waals surface area contributed by atoms with Gasteiger partial charge in [0.15, 0.2) is 5.82 Å². The number of rotatable bonds is 7. The van der Waals surface area contributed by atoms with Crippen LogP contribution < -0.4 is 0 Å². The lowest BCUT2D eigenvalue weighted by Crippen LogP contribution is -2.39. The molecule has 1 amide bonds. The molecule has 0 saturated heterocycles. The number of aliphatic carboxylic acids is 1. The van der Waals surface area contributed by atoms with Crippen LogP contribution in [0.2, 0.25) is 0 Å². The summed E-state index contributed by atoms with van der Waals surface area (Å²) in [6, 6.07) is -0.320. The number of aryl methyl sites for hydroxylation is 2. The van der Waals surface area contributed by atoms with Crippen molar-refractivity contribution in [2.24, 2.45) is 0 Å². The number of hydrogen-bond donors (Lipinski definition) is 1. The van der Waals surface area contributed by atoms with Crippen LogP contribution in [-0.2, 0) is 16.0 Å². The zero-order valence-electron chi connectivity index (χ0n) is 11.4. The second-order valence-electron chi connectivity index (χ2n) is 4.36. The van der Waals surface area contributed by atoms with Gasteiger partial charge in [-0.1, -0.05) is 5.16 Å². The highest BCUT2D eigenvalue weighted by atomic mass is 16.5. The molecule has 0 aliphatic rings. The normalized spacial score (nSPS) is 12.2. The zero-order valence-corrected chi connectivity index (χ0v) is 11.4. The van der Waals surface area contributed by atoms with E-state index in [1.165, 1.54) is 0 Å². The molecule has 7 heteroatoms. The maximum Gasteiger partial charge on any atom is 0.305 e. The van der Waals surface area contributed by atoms with Crippen LogP contribution in [0.4, 0.5) is 0 Å². The molecule has 1 aromatic rings. The van der Waals surface area contributed by atoms with E-state index in [0.717, 1.165) is 0 Å². The van der Waals surface area contributed by atoms with E-state index in [9.17, 15) is 9.59 Å². The second kappa shape index (κ2) is 6.86. The molecule has 0 aromatic carbocycles. The third-order valence-corrected chi connectivity index (χ3v) is 2.79. The Morgan fingerprint density at radius 3 is 2.63 bits per heavy atom. The lowest BCUT2D eigenvalue weighted by atomic mass is 10.1. The van der Waals surface area contributed by atoms with Gasteiger partial charge in [-0.15, -0.1) is 0 Å². The van der Waals surface area contributed by atoms with E-state index >= 15 is 0 Å². The number of carbonyl (C=O) groups excluding carboxylic acids is 1. The fourth-order valence-corrected chi connectivity index (χ4v) is 1.90. The van der Waals surface area contributed by atoms with Crippen LogP contribution in [-0.4, -0.2) is 44.6 Å². The largest absolute Gasteiger partial charge is 0.481 e. The molecular weight excluding hydrogens is 250 g/mol. The summed E-state index contributed by atoms with van der Waals surface area (Å²) in [5.74, 6) is -0.0554. The van der Waals surface area contributed by atoms with E-state index < -0.39 is 5.97 Å². The minimum Gasteiger partial charge on any atom is -0.481 e. The molecule has 0 saturated carbocycles. The van der Waals surface area contributed by atoms with Gasteiger partial charge in [0.05, 0.1) is 6.42 Å². The van der Waals surface area contributed by atoms with E-state index in [0.29, 0.717) is 24.7 Å². The van der Waals surface area contributed by atoms with Crippen LogP contribution in [0, 0.1) is 6.92 Å². The van der Waals surface area contributed by atoms with Gasteiger partial charge in [0.25, 0.3) is 0 Å². The van der Waals surface area contributed by atoms with Crippen molar-refractivity contribution in [3.63, 3.8) is 0 Å². The van der Waals surface area contributed by atoms with Crippen molar-refractivity contribution in [2.75, 3.05) is 6.54 Å². The van der Waals surface area contributed by atoms with Gasteiger partial charge in [-0.3, -0.25) is 9.59 Å². The van der Waals surface area contributed by atoms with Gasteiger partial charge in [-0.2, -0.15) is 4.98 Å². The van der Waals surface area contributed by atoms with Crippen molar-refractivity contribution < 1.29 is 19.2 Å². The van der Waals surface area contributed by atoms with Crippen molar-refractivity contribution in [2.45, 2.75) is 46.1 Å². The first-order chi connectivity index (χ1) is 8.93. The number of carboxylic acids is 1. The Kier molecular flexibility index (Phi) is 5.47. The van der Waals surface area contributed by atoms with Gasteiger partial charge in [0.2, 0.25) is 11.8 Å². The molecule has 0 aliphatic heterocycles. The molecule has 1 atom stereocenters. The van der Waals surface area contributed by atoms with Crippen LogP contribution in [0.5, 0.6) is 0 Å². The third-order valence-electron chi connectivity index (χ3n) is 2.79. The van der Waals surface area contributed by atoms with Crippen molar-refractivity contribution in [1.29, 1.82) is 0 Å². The Hall–Kier alpha value is -1.92. The van der Waals surface area contributed by atoms with Gasteiger partial charge >= 0.3 is 5.97 Å². The standard InChI is InChI=1S/C12H19N3O4/c1-4-15(8(2)7-12(17)18)11(16)6-5-10-13-9(3)14-19-10/h8H,4-7H2,1-3H3,(H,17,18). The van der Waals surface area contributed by atoms with E-state index in [1.807, 2.05) is 6.92 Å². The Morgan fingerprint density at radius 2 is 2.16 bits per heavy atom. The van der Waals surface area contributed by atoms with Gasteiger partial charge < -0.3 is 14.5 Å². The zero-order chi connectivity index (χ0) is 14.4. The van der Waals surface area contributed by atoms with Crippen LogP contribution in [0.3, 0.4) is 0 Å². The quantitative estimate of drug-likeness (QED) is 0.793. The highest BCUT2D eigenvalue weighted by Gasteiger charge is 2.21. The predicted molar refractivity (Wildman–Crippen MR) is 66.5 cm³/mol. The summed E-state index contributed by atoms with van der Waals surface area (Å²) < 4.78 is 4.93. The molecule has 0 radical (unpaired) electrons. The lowest BCUT2D eigenvalue weighted by molar-refractivity contribution is -0.140. The minimum atomic E-state index is -0.911. The highest BCUT2D eigenvalue weighted by molar-refractivity contribution is 5.77. The van der Waals surface area contributed by atoms with Gasteiger partial charge in [0, 0.05) is 25.4 Å². The van der Waals surface area contributed by atoms with E-state index in [1.54, 1.807) is 18.7 Å². The fourth-order valence-electron chi connectivity index (χ4n) is 1.90.